The van der Waals surface area contributed by atoms with Crippen LogP contribution in [0.25, 0.3) is 10.8 Å². The molecule has 1 aromatic heterocycles. The van der Waals surface area contributed by atoms with Crippen molar-refractivity contribution in [3.05, 3.63) is 65.7 Å². The van der Waals surface area contributed by atoms with Gasteiger partial charge in [-0.1, -0.05) is 42.5 Å². The summed E-state index contributed by atoms with van der Waals surface area (Å²) in [5.74, 6) is 0.0846. The van der Waals surface area contributed by atoms with Crippen LogP contribution in [-0.2, 0) is 24.2 Å². The van der Waals surface area contributed by atoms with E-state index in [0.29, 0.717) is 6.42 Å². The fourth-order valence-corrected chi connectivity index (χ4v) is 2.89. The van der Waals surface area contributed by atoms with Crippen LogP contribution in [0.3, 0.4) is 0 Å². The molecule has 4 heteroatoms. The molecule has 0 saturated carbocycles. The molecule has 4 nitrogen and oxygen atoms in total. The van der Waals surface area contributed by atoms with Gasteiger partial charge in [0.15, 0.2) is 0 Å². The third kappa shape index (κ3) is 2.72. The van der Waals surface area contributed by atoms with Gasteiger partial charge in [-0.05, 0) is 23.3 Å². The van der Waals surface area contributed by atoms with Gasteiger partial charge in [-0.25, -0.2) is 4.98 Å². The van der Waals surface area contributed by atoms with E-state index in [1.807, 2.05) is 23.6 Å². The summed E-state index contributed by atoms with van der Waals surface area (Å²) in [6.45, 7) is 2.74. The first-order chi connectivity index (χ1) is 10.7. The Bertz CT molecular complexity index is 816. The van der Waals surface area contributed by atoms with E-state index in [4.69, 9.17) is 5.11 Å². The molecule has 3 aromatic rings. The van der Waals surface area contributed by atoms with E-state index in [1.165, 1.54) is 16.3 Å². The number of hydrogen-bond donors (Lipinski definition) is 1. The van der Waals surface area contributed by atoms with E-state index in [2.05, 4.69) is 35.3 Å². The molecule has 112 valence electrons. The van der Waals surface area contributed by atoms with Crippen LogP contribution < -0.4 is 0 Å². The lowest BCUT2D eigenvalue weighted by Crippen LogP contribution is -2.10. The predicted octanol–water partition coefficient (Wildman–Crippen LogP) is 3.27. The van der Waals surface area contributed by atoms with Crippen LogP contribution >= 0.6 is 0 Å². The van der Waals surface area contributed by atoms with Gasteiger partial charge in [0.25, 0.3) is 0 Å². The van der Waals surface area contributed by atoms with E-state index in [0.717, 1.165) is 18.1 Å². The van der Waals surface area contributed by atoms with Crippen molar-refractivity contribution in [2.45, 2.75) is 26.3 Å². The van der Waals surface area contributed by atoms with Crippen molar-refractivity contribution in [1.82, 2.24) is 9.55 Å². The summed E-state index contributed by atoms with van der Waals surface area (Å²) in [5.41, 5.74) is 1.96. The van der Waals surface area contributed by atoms with Gasteiger partial charge in [0.2, 0.25) is 0 Å². The number of carbonyl (C=O) groups is 1. The maximum atomic E-state index is 10.9. The number of carboxylic acids is 1. The Hall–Kier alpha value is -2.62. The Kier molecular flexibility index (Phi) is 3.92. The van der Waals surface area contributed by atoms with E-state index < -0.39 is 5.97 Å². The van der Waals surface area contributed by atoms with Crippen LogP contribution in [0, 0.1) is 0 Å². The lowest BCUT2D eigenvalue weighted by atomic mass is 10.0. The summed E-state index contributed by atoms with van der Waals surface area (Å²) in [7, 11) is 0. The van der Waals surface area contributed by atoms with Crippen molar-refractivity contribution in [3.63, 3.8) is 0 Å². The first-order valence-electron chi connectivity index (χ1n) is 7.40. The van der Waals surface area contributed by atoms with E-state index in [1.54, 1.807) is 6.20 Å². The Morgan fingerprint density at radius 3 is 2.73 bits per heavy atom. The molecular formula is C18H18N2O2. The molecule has 1 heterocycles. The Morgan fingerprint density at radius 2 is 1.95 bits per heavy atom. The van der Waals surface area contributed by atoms with Crippen LogP contribution in [0.15, 0.2) is 48.7 Å². The SMILES string of the molecule is CCn1c(CC(=O)O)cnc1Cc1cccc2ccccc12. The lowest BCUT2D eigenvalue weighted by Gasteiger charge is -2.10. The molecule has 0 spiro atoms. The van der Waals surface area contributed by atoms with Crippen LogP contribution in [0.2, 0.25) is 0 Å². The molecule has 0 atom stereocenters. The van der Waals surface area contributed by atoms with Crippen molar-refractivity contribution < 1.29 is 9.90 Å². The van der Waals surface area contributed by atoms with Gasteiger partial charge < -0.3 is 9.67 Å². The second-order valence-corrected chi connectivity index (χ2v) is 5.30. The summed E-state index contributed by atoms with van der Waals surface area (Å²) in [6, 6.07) is 14.5. The molecule has 0 aliphatic rings. The highest BCUT2D eigenvalue weighted by molar-refractivity contribution is 5.85. The van der Waals surface area contributed by atoms with Crippen molar-refractivity contribution in [2.75, 3.05) is 0 Å². The highest BCUT2D eigenvalue weighted by Crippen LogP contribution is 2.21. The van der Waals surface area contributed by atoms with E-state index >= 15 is 0 Å². The highest BCUT2D eigenvalue weighted by Gasteiger charge is 2.13. The molecule has 0 unspecified atom stereocenters. The smallest absolute Gasteiger partial charge is 0.309 e. The number of carboxylic acid groups (broad SMARTS) is 1. The fraction of sp³-hybridized carbons (Fsp3) is 0.222. The third-order valence-electron chi connectivity index (χ3n) is 3.90. The summed E-state index contributed by atoms with van der Waals surface area (Å²) in [6.07, 6.45) is 2.39. The van der Waals surface area contributed by atoms with Crippen molar-refractivity contribution in [1.29, 1.82) is 0 Å². The van der Waals surface area contributed by atoms with E-state index in [-0.39, 0.29) is 6.42 Å². The Morgan fingerprint density at radius 1 is 1.18 bits per heavy atom. The first kappa shape index (κ1) is 14.3. The first-order valence-corrected chi connectivity index (χ1v) is 7.40. The zero-order valence-electron chi connectivity index (χ0n) is 12.5. The minimum atomic E-state index is -0.827. The number of benzene rings is 2. The monoisotopic (exact) mass is 294 g/mol. The molecule has 3 rings (SSSR count). The molecule has 0 aliphatic heterocycles. The number of rotatable bonds is 5. The minimum absolute atomic E-state index is 0.0103. The summed E-state index contributed by atoms with van der Waals surface area (Å²) in [5, 5.41) is 11.4. The van der Waals surface area contributed by atoms with Gasteiger partial charge in [-0.15, -0.1) is 0 Å². The summed E-state index contributed by atoms with van der Waals surface area (Å²) < 4.78 is 2.00. The largest absolute Gasteiger partial charge is 0.481 e. The van der Waals surface area contributed by atoms with Gasteiger partial charge in [-0.2, -0.15) is 0 Å². The van der Waals surface area contributed by atoms with Crippen LogP contribution in [0.1, 0.15) is 24.0 Å². The van der Waals surface area contributed by atoms with Crippen LogP contribution in [0.5, 0.6) is 0 Å². The van der Waals surface area contributed by atoms with Crippen molar-refractivity contribution in [2.24, 2.45) is 0 Å². The van der Waals surface area contributed by atoms with E-state index in [9.17, 15) is 4.79 Å². The van der Waals surface area contributed by atoms with Crippen molar-refractivity contribution >= 4 is 16.7 Å². The summed E-state index contributed by atoms with van der Waals surface area (Å²) in [4.78, 5) is 15.4. The topological polar surface area (TPSA) is 55.1 Å². The average Bonchev–Trinajstić information content (AvgIpc) is 2.88. The standard InChI is InChI=1S/C18H18N2O2/c1-2-20-15(11-18(21)22)12-19-17(20)10-14-8-5-7-13-6-3-4-9-16(13)14/h3-9,12H,2,10-11H2,1H3,(H,21,22). The number of aromatic nitrogens is 2. The quantitative estimate of drug-likeness (QED) is 0.785. The molecular weight excluding hydrogens is 276 g/mol. The molecule has 0 saturated heterocycles. The number of aliphatic carboxylic acids is 1. The number of imidazole rings is 1. The molecule has 22 heavy (non-hydrogen) atoms. The molecule has 1 N–H and O–H groups in total. The predicted molar refractivity (Wildman–Crippen MR) is 86.0 cm³/mol. The van der Waals surface area contributed by atoms with Gasteiger partial charge in [0.1, 0.15) is 5.82 Å². The zero-order valence-corrected chi connectivity index (χ0v) is 12.5. The third-order valence-corrected chi connectivity index (χ3v) is 3.90. The molecule has 0 aliphatic carbocycles. The minimum Gasteiger partial charge on any atom is -0.481 e. The van der Waals surface area contributed by atoms with Gasteiger partial charge in [0, 0.05) is 24.9 Å². The fourth-order valence-electron chi connectivity index (χ4n) is 2.89. The van der Waals surface area contributed by atoms with Gasteiger partial charge >= 0.3 is 5.97 Å². The maximum Gasteiger partial charge on any atom is 0.309 e. The van der Waals surface area contributed by atoms with Crippen LogP contribution in [0.4, 0.5) is 0 Å². The average molecular weight is 294 g/mol. The summed E-state index contributed by atoms with van der Waals surface area (Å²) >= 11 is 0. The number of fused-ring (bicyclic) bond motifs is 1. The van der Waals surface area contributed by atoms with Gasteiger partial charge in [-0.3, -0.25) is 4.79 Å². The lowest BCUT2D eigenvalue weighted by molar-refractivity contribution is -0.136. The second-order valence-electron chi connectivity index (χ2n) is 5.30. The highest BCUT2D eigenvalue weighted by atomic mass is 16.4. The van der Waals surface area contributed by atoms with Crippen LogP contribution in [-0.4, -0.2) is 20.6 Å². The molecule has 0 bridgehead atoms. The number of nitrogens with zero attached hydrogens (tertiary/aromatic N) is 2. The molecule has 2 aromatic carbocycles. The Labute approximate surface area is 129 Å². The normalized spacial score (nSPS) is 11.0. The molecule has 0 fully saturated rings. The molecule has 0 amide bonds. The molecule has 0 radical (unpaired) electrons. The van der Waals surface area contributed by atoms with Crippen molar-refractivity contribution in [3.8, 4) is 0 Å². The zero-order chi connectivity index (χ0) is 15.5. The number of hydrogen-bond acceptors (Lipinski definition) is 2. The Balaban J connectivity index is 1.98. The van der Waals surface area contributed by atoms with Gasteiger partial charge in [0.05, 0.1) is 6.42 Å². The second kappa shape index (κ2) is 6.02. The maximum absolute atomic E-state index is 10.9.